The third-order valence-corrected chi connectivity index (χ3v) is 6.10. The van der Waals surface area contributed by atoms with Gasteiger partial charge in [0.05, 0.1) is 5.69 Å². The Kier molecular flexibility index (Phi) is 6.63. The van der Waals surface area contributed by atoms with E-state index >= 15 is 0 Å². The van der Waals surface area contributed by atoms with Crippen LogP contribution in [0.15, 0.2) is 65.1 Å². The second-order valence-corrected chi connectivity index (χ2v) is 9.27. The number of aromatic nitrogens is 3. The van der Waals surface area contributed by atoms with Crippen LogP contribution in [-0.4, -0.2) is 20.7 Å². The Labute approximate surface area is 204 Å². The Bertz CT molecular complexity index is 1330. The Morgan fingerprint density at radius 1 is 1.09 bits per heavy atom. The van der Waals surface area contributed by atoms with Crippen molar-refractivity contribution in [3.8, 4) is 17.1 Å². The van der Waals surface area contributed by atoms with Crippen molar-refractivity contribution in [1.82, 2.24) is 14.8 Å². The molecule has 0 aliphatic carbocycles. The number of hydrogen-bond acceptors (Lipinski definition) is 3. The van der Waals surface area contributed by atoms with Crippen molar-refractivity contribution in [3.63, 3.8) is 0 Å². The fourth-order valence-electron chi connectivity index (χ4n) is 3.39. The number of hydrogen-bond donors (Lipinski definition) is 1. The summed E-state index contributed by atoms with van der Waals surface area (Å²) in [6, 6.07) is 17.0. The monoisotopic (exact) mass is 526 g/mol. The van der Waals surface area contributed by atoms with E-state index in [0.29, 0.717) is 27.8 Å². The van der Waals surface area contributed by atoms with Gasteiger partial charge in [0.25, 0.3) is 5.91 Å². The van der Waals surface area contributed by atoms with E-state index < -0.39 is 5.91 Å². The summed E-state index contributed by atoms with van der Waals surface area (Å²) in [6.45, 7) is 6.01. The normalized spacial score (nSPS) is 11.1. The SMILES string of the molecule is Cc1ccc(-n2nc(C(=O)Nc3ccc(Br)cc3C(C)C)nc2-c2ccc(F)cc2)cc1Cl. The van der Waals surface area contributed by atoms with Gasteiger partial charge in [-0.1, -0.05) is 47.4 Å². The van der Waals surface area contributed by atoms with Crippen LogP contribution in [0.3, 0.4) is 0 Å². The molecule has 0 aliphatic heterocycles. The molecule has 0 aliphatic rings. The average molecular weight is 528 g/mol. The van der Waals surface area contributed by atoms with Crippen LogP contribution in [0.5, 0.6) is 0 Å². The van der Waals surface area contributed by atoms with Gasteiger partial charge in [0, 0.05) is 20.7 Å². The van der Waals surface area contributed by atoms with Gasteiger partial charge in [0.2, 0.25) is 5.82 Å². The minimum absolute atomic E-state index is 0.0105. The summed E-state index contributed by atoms with van der Waals surface area (Å²) >= 11 is 9.80. The highest BCUT2D eigenvalue weighted by Gasteiger charge is 2.21. The van der Waals surface area contributed by atoms with E-state index in [4.69, 9.17) is 11.6 Å². The summed E-state index contributed by atoms with van der Waals surface area (Å²) in [5, 5.41) is 7.96. The third kappa shape index (κ3) is 4.99. The fourth-order valence-corrected chi connectivity index (χ4v) is 3.94. The highest BCUT2D eigenvalue weighted by atomic mass is 79.9. The van der Waals surface area contributed by atoms with Gasteiger partial charge >= 0.3 is 0 Å². The molecular formula is C25H21BrClFN4O. The van der Waals surface area contributed by atoms with Crippen LogP contribution in [0.4, 0.5) is 10.1 Å². The molecule has 0 fully saturated rings. The first kappa shape index (κ1) is 23.1. The van der Waals surface area contributed by atoms with Crippen LogP contribution in [0, 0.1) is 12.7 Å². The van der Waals surface area contributed by atoms with Gasteiger partial charge in [0.1, 0.15) is 5.82 Å². The Hall–Kier alpha value is -3.03. The molecule has 0 unspecified atom stereocenters. The summed E-state index contributed by atoms with van der Waals surface area (Å²) in [5.41, 5.74) is 3.85. The fraction of sp³-hybridized carbons (Fsp3) is 0.160. The van der Waals surface area contributed by atoms with E-state index in [1.165, 1.54) is 12.1 Å². The molecule has 4 rings (SSSR count). The van der Waals surface area contributed by atoms with E-state index in [1.807, 2.05) is 37.3 Å². The van der Waals surface area contributed by atoms with Crippen LogP contribution in [-0.2, 0) is 0 Å². The van der Waals surface area contributed by atoms with E-state index in [2.05, 4.69) is 45.2 Å². The van der Waals surface area contributed by atoms with Crippen molar-refractivity contribution in [3.05, 3.63) is 92.9 Å². The minimum Gasteiger partial charge on any atom is -0.319 e. The van der Waals surface area contributed by atoms with Crippen LogP contribution in [0.1, 0.15) is 41.5 Å². The highest BCUT2D eigenvalue weighted by molar-refractivity contribution is 9.10. The zero-order chi connectivity index (χ0) is 23.7. The molecule has 1 aromatic heterocycles. The molecule has 33 heavy (non-hydrogen) atoms. The summed E-state index contributed by atoms with van der Waals surface area (Å²) in [4.78, 5) is 17.6. The molecule has 0 saturated carbocycles. The predicted molar refractivity (Wildman–Crippen MR) is 133 cm³/mol. The summed E-state index contributed by atoms with van der Waals surface area (Å²) < 4.78 is 16.0. The topological polar surface area (TPSA) is 59.8 Å². The van der Waals surface area contributed by atoms with Gasteiger partial charge < -0.3 is 5.32 Å². The molecular weight excluding hydrogens is 507 g/mol. The number of amides is 1. The van der Waals surface area contributed by atoms with Gasteiger partial charge in [-0.05, 0) is 78.6 Å². The zero-order valence-corrected chi connectivity index (χ0v) is 20.6. The molecule has 0 atom stereocenters. The van der Waals surface area contributed by atoms with E-state index in [1.54, 1.807) is 22.9 Å². The lowest BCUT2D eigenvalue weighted by molar-refractivity contribution is 0.101. The number of nitrogens with zero attached hydrogens (tertiary/aromatic N) is 3. The molecule has 0 saturated heterocycles. The molecule has 8 heteroatoms. The quantitative estimate of drug-likeness (QED) is 0.299. The van der Waals surface area contributed by atoms with Crippen LogP contribution in [0.25, 0.3) is 17.1 Å². The third-order valence-electron chi connectivity index (χ3n) is 5.20. The van der Waals surface area contributed by atoms with Crippen molar-refractivity contribution in [1.29, 1.82) is 0 Å². The number of anilines is 1. The molecule has 4 aromatic rings. The lowest BCUT2D eigenvalue weighted by Gasteiger charge is -2.13. The number of benzene rings is 3. The number of nitrogens with one attached hydrogen (secondary N) is 1. The lowest BCUT2D eigenvalue weighted by Crippen LogP contribution is -2.16. The molecule has 0 radical (unpaired) electrons. The highest BCUT2D eigenvalue weighted by Crippen LogP contribution is 2.29. The lowest BCUT2D eigenvalue weighted by atomic mass is 10.0. The van der Waals surface area contributed by atoms with Crippen molar-refractivity contribution < 1.29 is 9.18 Å². The van der Waals surface area contributed by atoms with Crippen molar-refractivity contribution in [2.45, 2.75) is 26.7 Å². The first-order valence-corrected chi connectivity index (χ1v) is 11.5. The number of carbonyl (C=O) groups is 1. The first-order chi connectivity index (χ1) is 15.7. The van der Waals surface area contributed by atoms with Gasteiger partial charge in [-0.2, -0.15) is 0 Å². The smallest absolute Gasteiger partial charge is 0.295 e. The summed E-state index contributed by atoms with van der Waals surface area (Å²) in [7, 11) is 0. The van der Waals surface area contributed by atoms with E-state index in [0.717, 1.165) is 15.6 Å². The summed E-state index contributed by atoms with van der Waals surface area (Å²) in [5.74, 6) is -0.214. The Morgan fingerprint density at radius 3 is 2.48 bits per heavy atom. The molecule has 1 N–H and O–H groups in total. The molecule has 1 amide bonds. The van der Waals surface area contributed by atoms with Crippen molar-refractivity contribution in [2.24, 2.45) is 0 Å². The molecule has 5 nitrogen and oxygen atoms in total. The number of rotatable bonds is 5. The number of aryl methyl sites for hydroxylation is 1. The van der Waals surface area contributed by atoms with Crippen LogP contribution >= 0.6 is 27.5 Å². The second kappa shape index (κ2) is 9.45. The van der Waals surface area contributed by atoms with Gasteiger partial charge in [0.15, 0.2) is 5.82 Å². The largest absolute Gasteiger partial charge is 0.319 e. The molecule has 1 heterocycles. The summed E-state index contributed by atoms with van der Waals surface area (Å²) in [6.07, 6.45) is 0. The zero-order valence-electron chi connectivity index (χ0n) is 18.2. The maximum atomic E-state index is 13.5. The number of halogens is 3. The van der Waals surface area contributed by atoms with Crippen LogP contribution < -0.4 is 5.32 Å². The molecule has 0 spiro atoms. The average Bonchev–Trinajstić information content (AvgIpc) is 3.23. The molecule has 0 bridgehead atoms. The Balaban J connectivity index is 1.77. The predicted octanol–water partition coefficient (Wildman–Crippen LogP) is 7.17. The van der Waals surface area contributed by atoms with Gasteiger partial charge in [-0.3, -0.25) is 4.79 Å². The number of carbonyl (C=O) groups excluding carboxylic acids is 1. The van der Waals surface area contributed by atoms with E-state index in [-0.39, 0.29) is 17.6 Å². The molecule has 168 valence electrons. The van der Waals surface area contributed by atoms with Gasteiger partial charge in [-0.25, -0.2) is 14.1 Å². The van der Waals surface area contributed by atoms with Crippen molar-refractivity contribution in [2.75, 3.05) is 5.32 Å². The first-order valence-electron chi connectivity index (χ1n) is 10.3. The Morgan fingerprint density at radius 2 is 1.82 bits per heavy atom. The maximum absolute atomic E-state index is 13.5. The maximum Gasteiger partial charge on any atom is 0.295 e. The van der Waals surface area contributed by atoms with Gasteiger partial charge in [-0.15, -0.1) is 5.10 Å². The van der Waals surface area contributed by atoms with Crippen LogP contribution in [0.2, 0.25) is 5.02 Å². The standard InChI is InChI=1S/C25H21BrClFN4O/c1-14(2)20-12-17(26)7-11-22(20)29-25(33)23-30-24(16-5-8-18(28)9-6-16)32(31-23)19-10-4-15(3)21(27)13-19/h4-14H,1-3H3,(H,29,33). The minimum atomic E-state index is -0.445. The molecule has 3 aromatic carbocycles. The van der Waals surface area contributed by atoms with E-state index in [9.17, 15) is 9.18 Å². The van der Waals surface area contributed by atoms with Crippen molar-refractivity contribution >= 4 is 39.1 Å². The second-order valence-electron chi connectivity index (χ2n) is 7.95.